The van der Waals surface area contributed by atoms with Crippen LogP contribution in [0.5, 0.6) is 0 Å². The summed E-state index contributed by atoms with van der Waals surface area (Å²) in [6.07, 6.45) is 1.64. The van der Waals surface area contributed by atoms with Crippen molar-refractivity contribution >= 4 is 33.3 Å². The summed E-state index contributed by atoms with van der Waals surface area (Å²) >= 11 is 3.45. The number of rotatable bonds is 6. The van der Waals surface area contributed by atoms with E-state index in [1.165, 1.54) is 0 Å². The largest absolute Gasteiger partial charge is 0.369 e. The summed E-state index contributed by atoms with van der Waals surface area (Å²) < 4.78 is 1.02. The van der Waals surface area contributed by atoms with Gasteiger partial charge in [0.15, 0.2) is 0 Å². The molecule has 1 heterocycles. The number of carbonyl (C=O) groups is 1. The van der Waals surface area contributed by atoms with Crippen LogP contribution in [-0.4, -0.2) is 43.0 Å². The Balaban J connectivity index is 2.02. The molecule has 0 fully saturated rings. The van der Waals surface area contributed by atoms with Gasteiger partial charge in [0, 0.05) is 35.0 Å². The first kappa shape index (κ1) is 17.4. The van der Waals surface area contributed by atoms with Crippen LogP contribution < -0.4 is 10.6 Å². The molecule has 1 amide bonds. The van der Waals surface area contributed by atoms with Crippen LogP contribution in [0.25, 0.3) is 0 Å². The molecule has 5 nitrogen and oxygen atoms in total. The number of nitrogens with zero attached hydrogens (tertiary/aromatic N) is 2. The molecule has 0 radical (unpaired) electrons. The molecule has 2 aromatic rings. The number of hydrogen-bond donors (Lipinski definition) is 2. The van der Waals surface area contributed by atoms with Crippen molar-refractivity contribution in [3.05, 3.63) is 52.1 Å². The minimum atomic E-state index is -0.148. The molecule has 1 aromatic carbocycles. The summed E-state index contributed by atoms with van der Waals surface area (Å²) in [4.78, 5) is 18.7. The minimum absolute atomic E-state index is 0.148. The summed E-state index contributed by atoms with van der Waals surface area (Å²) in [7, 11) is 4.03. The van der Waals surface area contributed by atoms with Crippen molar-refractivity contribution in [1.29, 1.82) is 0 Å². The molecule has 0 aliphatic rings. The first-order chi connectivity index (χ1) is 11.0. The molecule has 0 unspecified atom stereocenters. The van der Waals surface area contributed by atoms with Crippen molar-refractivity contribution in [2.45, 2.75) is 6.92 Å². The van der Waals surface area contributed by atoms with Crippen LogP contribution in [0.4, 0.5) is 11.5 Å². The van der Waals surface area contributed by atoms with E-state index in [1.54, 1.807) is 18.3 Å². The molecule has 2 rings (SSSR count). The average molecular weight is 377 g/mol. The van der Waals surface area contributed by atoms with Crippen LogP contribution in [-0.2, 0) is 0 Å². The van der Waals surface area contributed by atoms with Gasteiger partial charge in [-0.1, -0.05) is 15.9 Å². The normalized spacial score (nSPS) is 10.7. The van der Waals surface area contributed by atoms with Gasteiger partial charge in [-0.15, -0.1) is 0 Å². The Morgan fingerprint density at radius 3 is 2.74 bits per heavy atom. The van der Waals surface area contributed by atoms with E-state index in [1.807, 2.05) is 39.2 Å². The van der Waals surface area contributed by atoms with Crippen LogP contribution in [0.2, 0.25) is 0 Å². The Bertz CT molecular complexity index is 688. The van der Waals surface area contributed by atoms with E-state index in [2.05, 4.69) is 36.4 Å². The van der Waals surface area contributed by atoms with Crippen LogP contribution in [0, 0.1) is 6.92 Å². The highest BCUT2D eigenvalue weighted by Gasteiger charge is 2.08. The number of likely N-dealkylation sites (N-methyl/N-ethyl adjacent to an activating group) is 1. The quantitative estimate of drug-likeness (QED) is 0.811. The topological polar surface area (TPSA) is 57.3 Å². The fraction of sp³-hybridized carbons (Fsp3) is 0.294. The Morgan fingerprint density at radius 1 is 1.26 bits per heavy atom. The van der Waals surface area contributed by atoms with Crippen LogP contribution in [0.3, 0.4) is 0 Å². The SMILES string of the molecule is Cc1cc(NC(=O)c2ccnc(NCCN(C)C)c2)ccc1Br. The van der Waals surface area contributed by atoms with Gasteiger partial charge in [0.05, 0.1) is 0 Å². The van der Waals surface area contributed by atoms with E-state index in [9.17, 15) is 4.79 Å². The molecule has 0 spiro atoms. The highest BCUT2D eigenvalue weighted by Crippen LogP contribution is 2.20. The standard InChI is InChI=1S/C17H21BrN4O/c1-12-10-14(4-5-15(12)18)21-17(23)13-6-7-19-16(11-13)20-8-9-22(2)3/h4-7,10-11H,8-9H2,1-3H3,(H,19,20)(H,21,23). The molecule has 0 saturated heterocycles. The second kappa shape index (κ2) is 8.08. The van der Waals surface area contributed by atoms with Gasteiger partial charge in [0.2, 0.25) is 0 Å². The molecular formula is C17H21BrN4O. The van der Waals surface area contributed by atoms with Crippen molar-refractivity contribution in [3.8, 4) is 0 Å². The molecule has 0 saturated carbocycles. The van der Waals surface area contributed by atoms with E-state index in [4.69, 9.17) is 0 Å². The Kier molecular flexibility index (Phi) is 6.12. The third-order valence-electron chi connectivity index (χ3n) is 3.30. The maximum atomic E-state index is 12.4. The van der Waals surface area contributed by atoms with Crippen molar-refractivity contribution in [3.63, 3.8) is 0 Å². The highest BCUT2D eigenvalue weighted by molar-refractivity contribution is 9.10. The minimum Gasteiger partial charge on any atom is -0.369 e. The zero-order valence-electron chi connectivity index (χ0n) is 13.6. The molecule has 2 N–H and O–H groups in total. The summed E-state index contributed by atoms with van der Waals surface area (Å²) in [5.41, 5.74) is 2.42. The highest BCUT2D eigenvalue weighted by atomic mass is 79.9. The smallest absolute Gasteiger partial charge is 0.255 e. The fourth-order valence-corrected chi connectivity index (χ4v) is 2.25. The van der Waals surface area contributed by atoms with Crippen LogP contribution >= 0.6 is 15.9 Å². The lowest BCUT2D eigenvalue weighted by Crippen LogP contribution is -2.21. The molecule has 1 aromatic heterocycles. The van der Waals surface area contributed by atoms with Crippen molar-refractivity contribution in [2.75, 3.05) is 37.8 Å². The lowest BCUT2D eigenvalue weighted by Gasteiger charge is -2.11. The third kappa shape index (κ3) is 5.33. The predicted octanol–water partition coefficient (Wildman–Crippen LogP) is 3.38. The lowest BCUT2D eigenvalue weighted by molar-refractivity contribution is 0.102. The number of anilines is 2. The number of benzene rings is 1. The van der Waals surface area contributed by atoms with Gasteiger partial charge in [-0.05, 0) is 56.9 Å². The molecule has 6 heteroatoms. The molecule has 122 valence electrons. The number of nitrogens with one attached hydrogen (secondary N) is 2. The van der Waals surface area contributed by atoms with Crippen molar-refractivity contribution in [1.82, 2.24) is 9.88 Å². The van der Waals surface area contributed by atoms with Gasteiger partial charge in [-0.3, -0.25) is 4.79 Å². The molecule has 0 aliphatic heterocycles. The number of aromatic nitrogens is 1. The van der Waals surface area contributed by atoms with Gasteiger partial charge in [0.25, 0.3) is 5.91 Å². The second-order valence-corrected chi connectivity index (χ2v) is 6.43. The first-order valence-electron chi connectivity index (χ1n) is 7.38. The number of pyridine rings is 1. The Morgan fingerprint density at radius 2 is 2.04 bits per heavy atom. The van der Waals surface area contributed by atoms with Gasteiger partial charge < -0.3 is 15.5 Å². The maximum absolute atomic E-state index is 12.4. The lowest BCUT2D eigenvalue weighted by atomic mass is 10.2. The monoisotopic (exact) mass is 376 g/mol. The molecule has 0 aliphatic carbocycles. The fourth-order valence-electron chi connectivity index (χ4n) is 2.00. The van der Waals surface area contributed by atoms with E-state index in [0.717, 1.165) is 28.8 Å². The summed E-state index contributed by atoms with van der Waals surface area (Å²) in [5, 5.41) is 6.12. The zero-order valence-corrected chi connectivity index (χ0v) is 15.1. The van der Waals surface area contributed by atoms with Gasteiger partial charge in [-0.25, -0.2) is 4.98 Å². The van der Waals surface area contributed by atoms with Crippen LogP contribution in [0.15, 0.2) is 41.0 Å². The number of amides is 1. The average Bonchev–Trinajstić information content (AvgIpc) is 2.51. The van der Waals surface area contributed by atoms with E-state index in [-0.39, 0.29) is 5.91 Å². The Hall–Kier alpha value is -1.92. The van der Waals surface area contributed by atoms with Crippen LogP contribution in [0.1, 0.15) is 15.9 Å². The molecular weight excluding hydrogens is 356 g/mol. The first-order valence-corrected chi connectivity index (χ1v) is 8.17. The number of hydrogen-bond acceptors (Lipinski definition) is 4. The number of aryl methyl sites for hydroxylation is 1. The molecule has 0 atom stereocenters. The maximum Gasteiger partial charge on any atom is 0.255 e. The van der Waals surface area contributed by atoms with Crippen molar-refractivity contribution in [2.24, 2.45) is 0 Å². The third-order valence-corrected chi connectivity index (χ3v) is 4.19. The van der Waals surface area contributed by atoms with E-state index >= 15 is 0 Å². The Labute approximate surface area is 145 Å². The van der Waals surface area contributed by atoms with Crippen molar-refractivity contribution < 1.29 is 4.79 Å². The number of halogens is 1. The summed E-state index contributed by atoms with van der Waals surface area (Å²) in [6.45, 7) is 3.66. The molecule has 23 heavy (non-hydrogen) atoms. The molecule has 0 bridgehead atoms. The zero-order chi connectivity index (χ0) is 16.8. The van der Waals surface area contributed by atoms with Gasteiger partial charge >= 0.3 is 0 Å². The van der Waals surface area contributed by atoms with E-state index < -0.39 is 0 Å². The predicted molar refractivity (Wildman–Crippen MR) is 98.1 cm³/mol. The van der Waals surface area contributed by atoms with E-state index in [0.29, 0.717) is 11.4 Å². The van der Waals surface area contributed by atoms with Gasteiger partial charge in [-0.2, -0.15) is 0 Å². The van der Waals surface area contributed by atoms with Gasteiger partial charge in [0.1, 0.15) is 5.82 Å². The number of carbonyl (C=O) groups excluding carboxylic acids is 1. The summed E-state index contributed by atoms with van der Waals surface area (Å²) in [5.74, 6) is 0.552. The second-order valence-electron chi connectivity index (χ2n) is 5.58. The summed E-state index contributed by atoms with van der Waals surface area (Å²) in [6, 6.07) is 9.19.